The van der Waals surface area contributed by atoms with Crippen molar-refractivity contribution in [3.8, 4) is 0 Å². The molecule has 1 heterocycles. The van der Waals surface area contributed by atoms with Crippen LogP contribution < -0.4 is 5.32 Å². The summed E-state index contributed by atoms with van der Waals surface area (Å²) < 4.78 is 5.26. The molecule has 2 fully saturated rings. The van der Waals surface area contributed by atoms with Crippen LogP contribution >= 0.6 is 0 Å². The summed E-state index contributed by atoms with van der Waals surface area (Å²) in [6.45, 7) is 2.03. The molecule has 2 rings (SSSR count). The van der Waals surface area contributed by atoms with Gasteiger partial charge in [0, 0.05) is 0 Å². The summed E-state index contributed by atoms with van der Waals surface area (Å²) in [6.07, 6.45) is 6.29. The second-order valence-electron chi connectivity index (χ2n) is 4.20. The van der Waals surface area contributed by atoms with Crippen molar-refractivity contribution in [1.29, 1.82) is 0 Å². The van der Waals surface area contributed by atoms with Crippen molar-refractivity contribution < 1.29 is 9.53 Å². The lowest BCUT2D eigenvalue weighted by molar-refractivity contribution is 0.0766. The molecule has 0 aromatic carbocycles. The van der Waals surface area contributed by atoms with E-state index in [1.54, 1.807) is 0 Å². The van der Waals surface area contributed by atoms with Crippen molar-refractivity contribution >= 4 is 6.09 Å². The van der Waals surface area contributed by atoms with E-state index in [0.717, 1.165) is 0 Å². The van der Waals surface area contributed by atoms with E-state index in [9.17, 15) is 4.79 Å². The minimum Gasteiger partial charge on any atom is -0.444 e. The number of cyclic esters (lactones) is 1. The summed E-state index contributed by atoms with van der Waals surface area (Å²) in [5.41, 5.74) is 0. The van der Waals surface area contributed by atoms with Crippen LogP contribution in [0.1, 0.15) is 39.0 Å². The highest BCUT2D eigenvalue weighted by molar-refractivity contribution is 5.70. The average Bonchev–Trinajstić information content (AvgIpc) is 2.47. The van der Waals surface area contributed by atoms with E-state index < -0.39 is 0 Å². The van der Waals surface area contributed by atoms with E-state index >= 15 is 0 Å². The lowest BCUT2D eigenvalue weighted by Crippen LogP contribution is -2.34. The Hall–Kier alpha value is -0.730. The molecule has 13 heavy (non-hydrogen) atoms. The number of nitrogens with one attached hydrogen (secondary N) is 1. The Kier molecular flexibility index (Phi) is 2.42. The summed E-state index contributed by atoms with van der Waals surface area (Å²) >= 11 is 0. The molecule has 1 saturated heterocycles. The Morgan fingerprint density at radius 2 is 2.00 bits per heavy atom. The Morgan fingerprint density at radius 1 is 1.31 bits per heavy atom. The minimum absolute atomic E-state index is 0.132. The molecule has 0 bridgehead atoms. The van der Waals surface area contributed by atoms with Crippen LogP contribution in [0, 0.1) is 5.92 Å². The largest absolute Gasteiger partial charge is 0.444 e. The molecule has 74 valence electrons. The van der Waals surface area contributed by atoms with Gasteiger partial charge in [0.05, 0.1) is 6.04 Å². The van der Waals surface area contributed by atoms with Crippen molar-refractivity contribution in [3.63, 3.8) is 0 Å². The normalized spacial score (nSPS) is 35.6. The maximum Gasteiger partial charge on any atom is 0.407 e. The first kappa shape index (κ1) is 8.85. The summed E-state index contributed by atoms with van der Waals surface area (Å²) in [4.78, 5) is 11.0. The van der Waals surface area contributed by atoms with Gasteiger partial charge in [-0.25, -0.2) is 4.79 Å². The smallest absolute Gasteiger partial charge is 0.407 e. The molecular weight excluding hydrogens is 166 g/mol. The van der Waals surface area contributed by atoms with Gasteiger partial charge in [0.15, 0.2) is 0 Å². The van der Waals surface area contributed by atoms with Gasteiger partial charge < -0.3 is 10.1 Å². The Labute approximate surface area is 78.8 Å². The van der Waals surface area contributed by atoms with Gasteiger partial charge in [0.25, 0.3) is 0 Å². The van der Waals surface area contributed by atoms with Gasteiger partial charge in [-0.2, -0.15) is 0 Å². The number of rotatable bonds is 1. The van der Waals surface area contributed by atoms with E-state index in [4.69, 9.17) is 4.74 Å². The third-order valence-corrected chi connectivity index (χ3v) is 3.20. The molecule has 0 spiro atoms. The van der Waals surface area contributed by atoms with Gasteiger partial charge in [-0.05, 0) is 25.7 Å². The van der Waals surface area contributed by atoms with Crippen molar-refractivity contribution in [1.82, 2.24) is 5.32 Å². The highest BCUT2D eigenvalue weighted by Crippen LogP contribution is 2.31. The fraction of sp³-hybridized carbons (Fsp3) is 0.900. The van der Waals surface area contributed by atoms with Gasteiger partial charge in [0.2, 0.25) is 0 Å². The number of hydrogen-bond acceptors (Lipinski definition) is 2. The second-order valence-corrected chi connectivity index (χ2v) is 4.20. The molecule has 2 atom stereocenters. The quantitative estimate of drug-likeness (QED) is 0.675. The van der Waals surface area contributed by atoms with Gasteiger partial charge in [-0.3, -0.25) is 0 Å². The van der Waals surface area contributed by atoms with Crippen LogP contribution in [0.2, 0.25) is 0 Å². The highest BCUT2D eigenvalue weighted by Gasteiger charge is 2.36. The van der Waals surface area contributed by atoms with Crippen LogP contribution in [0.3, 0.4) is 0 Å². The number of alkyl carbamates (subject to hydrolysis) is 1. The standard InChI is InChI=1S/C10H17NO2/c1-7-9(13-10(12)11-7)8-5-3-2-4-6-8/h7-9H,2-6H2,1H3,(H,11,12)/t7-,9-/m0/s1. The summed E-state index contributed by atoms with van der Waals surface area (Å²) in [5.74, 6) is 0.600. The van der Waals surface area contributed by atoms with Crippen molar-refractivity contribution in [2.24, 2.45) is 5.92 Å². The first-order chi connectivity index (χ1) is 6.27. The minimum atomic E-state index is -0.233. The maximum absolute atomic E-state index is 11.0. The second kappa shape index (κ2) is 3.56. The van der Waals surface area contributed by atoms with Crippen LogP contribution in [-0.4, -0.2) is 18.2 Å². The zero-order chi connectivity index (χ0) is 9.26. The summed E-state index contributed by atoms with van der Waals surface area (Å²) in [5, 5.41) is 2.80. The van der Waals surface area contributed by atoms with E-state index in [-0.39, 0.29) is 18.2 Å². The molecule has 2 aliphatic rings. The summed E-state index contributed by atoms with van der Waals surface area (Å²) in [6, 6.07) is 0.204. The van der Waals surface area contributed by atoms with E-state index in [0.29, 0.717) is 5.92 Å². The van der Waals surface area contributed by atoms with Crippen molar-refractivity contribution in [2.45, 2.75) is 51.2 Å². The molecule has 3 nitrogen and oxygen atoms in total. The number of carbonyl (C=O) groups is 1. The van der Waals surface area contributed by atoms with Gasteiger partial charge >= 0.3 is 6.09 Å². The van der Waals surface area contributed by atoms with Crippen molar-refractivity contribution in [3.05, 3.63) is 0 Å². The van der Waals surface area contributed by atoms with E-state index in [1.165, 1.54) is 32.1 Å². The predicted octanol–water partition coefficient (Wildman–Crippen LogP) is 2.06. The first-order valence-electron chi connectivity index (χ1n) is 5.24. The SMILES string of the molecule is C[C@@H]1NC(=O)O[C@@H]1C1CCCCC1. The molecule has 1 saturated carbocycles. The number of hydrogen-bond donors (Lipinski definition) is 1. The highest BCUT2D eigenvalue weighted by atomic mass is 16.6. The molecule has 0 aromatic rings. The fourth-order valence-corrected chi connectivity index (χ4v) is 2.49. The Morgan fingerprint density at radius 3 is 2.54 bits per heavy atom. The monoisotopic (exact) mass is 183 g/mol. The molecular formula is C10H17NO2. The molecule has 1 aliphatic carbocycles. The van der Waals surface area contributed by atoms with Crippen LogP contribution in [-0.2, 0) is 4.74 Å². The molecule has 1 amide bonds. The van der Waals surface area contributed by atoms with Gasteiger partial charge in [-0.15, -0.1) is 0 Å². The van der Waals surface area contributed by atoms with Crippen LogP contribution in [0.15, 0.2) is 0 Å². The Balaban J connectivity index is 1.95. The average molecular weight is 183 g/mol. The molecule has 0 aromatic heterocycles. The van der Waals surface area contributed by atoms with Crippen molar-refractivity contribution in [2.75, 3.05) is 0 Å². The van der Waals surface area contributed by atoms with E-state index in [2.05, 4.69) is 5.32 Å². The number of carbonyl (C=O) groups excluding carboxylic acids is 1. The first-order valence-corrected chi connectivity index (χ1v) is 5.24. The third kappa shape index (κ3) is 1.79. The van der Waals surface area contributed by atoms with Crippen LogP contribution in [0.5, 0.6) is 0 Å². The lowest BCUT2D eigenvalue weighted by atomic mass is 9.83. The lowest BCUT2D eigenvalue weighted by Gasteiger charge is -2.27. The molecule has 0 unspecified atom stereocenters. The van der Waals surface area contributed by atoms with Crippen LogP contribution in [0.25, 0.3) is 0 Å². The third-order valence-electron chi connectivity index (χ3n) is 3.20. The van der Waals surface area contributed by atoms with Crippen LogP contribution in [0.4, 0.5) is 4.79 Å². The molecule has 0 radical (unpaired) electrons. The number of amides is 1. The zero-order valence-corrected chi connectivity index (χ0v) is 8.08. The Bertz CT molecular complexity index is 199. The predicted molar refractivity (Wildman–Crippen MR) is 49.4 cm³/mol. The van der Waals surface area contributed by atoms with Gasteiger partial charge in [-0.1, -0.05) is 19.3 Å². The molecule has 1 N–H and O–H groups in total. The molecule has 3 heteroatoms. The maximum atomic E-state index is 11.0. The van der Waals surface area contributed by atoms with E-state index in [1.807, 2.05) is 6.92 Å². The summed E-state index contributed by atoms with van der Waals surface area (Å²) in [7, 11) is 0. The number of ether oxygens (including phenoxy) is 1. The topological polar surface area (TPSA) is 38.3 Å². The van der Waals surface area contributed by atoms with Gasteiger partial charge in [0.1, 0.15) is 6.10 Å². The fourth-order valence-electron chi connectivity index (χ4n) is 2.49. The zero-order valence-electron chi connectivity index (χ0n) is 8.08. The molecule has 1 aliphatic heterocycles.